The highest BCUT2D eigenvalue weighted by Crippen LogP contribution is 2.22. The third-order valence-electron chi connectivity index (χ3n) is 4.32. The van der Waals surface area contributed by atoms with Crippen LogP contribution >= 0.6 is 0 Å². The second-order valence-corrected chi connectivity index (χ2v) is 8.20. The van der Waals surface area contributed by atoms with Gasteiger partial charge in [0.15, 0.2) is 6.61 Å². The van der Waals surface area contributed by atoms with Crippen molar-refractivity contribution in [3.63, 3.8) is 0 Å². The van der Waals surface area contributed by atoms with E-state index in [0.29, 0.717) is 18.8 Å². The van der Waals surface area contributed by atoms with Gasteiger partial charge >= 0.3 is 5.97 Å². The van der Waals surface area contributed by atoms with Crippen molar-refractivity contribution in [2.45, 2.75) is 18.2 Å². The molecule has 1 aromatic rings. The van der Waals surface area contributed by atoms with Gasteiger partial charge < -0.3 is 14.4 Å². The van der Waals surface area contributed by atoms with Crippen LogP contribution in [-0.4, -0.2) is 76.0 Å². The lowest BCUT2D eigenvalue weighted by atomic mass is 10.1. The van der Waals surface area contributed by atoms with E-state index < -0.39 is 28.5 Å². The molecule has 0 N–H and O–H groups in total. The fraction of sp³-hybridized carbons (Fsp3) is 0.500. The minimum Gasteiger partial charge on any atom is -0.452 e. The summed E-state index contributed by atoms with van der Waals surface area (Å²) in [5.74, 6) is -1.24. The van der Waals surface area contributed by atoms with Crippen LogP contribution < -0.4 is 0 Å². The van der Waals surface area contributed by atoms with Gasteiger partial charge in [-0.25, -0.2) is 13.2 Å². The Morgan fingerprint density at radius 1 is 1.32 bits per heavy atom. The number of rotatable bonds is 7. The van der Waals surface area contributed by atoms with E-state index >= 15 is 0 Å². The quantitative estimate of drug-likeness (QED) is 0.604. The fourth-order valence-corrected chi connectivity index (χ4v) is 4.25. The van der Waals surface area contributed by atoms with Gasteiger partial charge in [0.25, 0.3) is 5.91 Å². The standard InChI is InChI=1S/C18H23N3O6S/c1-14-4-5-15(18(23)27-13-17(22)20(2)7-3-6-19)12-16(14)28(24,25)21-8-10-26-11-9-21/h4-5,12H,3,7-11,13H2,1-2H3. The molecule has 9 nitrogen and oxygen atoms in total. The molecule has 0 bridgehead atoms. The van der Waals surface area contributed by atoms with Crippen LogP contribution in [0.3, 0.4) is 0 Å². The number of esters is 1. The third-order valence-corrected chi connectivity index (χ3v) is 6.36. The number of sulfonamides is 1. The topological polar surface area (TPSA) is 117 Å². The van der Waals surface area contributed by atoms with Gasteiger partial charge in [0.2, 0.25) is 10.0 Å². The number of nitriles is 1. The molecule has 10 heteroatoms. The van der Waals surface area contributed by atoms with Crippen LogP contribution in [0.2, 0.25) is 0 Å². The Morgan fingerprint density at radius 2 is 2.00 bits per heavy atom. The van der Waals surface area contributed by atoms with Crippen molar-refractivity contribution in [3.8, 4) is 6.07 Å². The van der Waals surface area contributed by atoms with Gasteiger partial charge in [0.05, 0.1) is 36.2 Å². The molecule has 1 fully saturated rings. The Bertz CT molecular complexity index is 872. The van der Waals surface area contributed by atoms with E-state index in [0.717, 1.165) is 0 Å². The normalized spacial score (nSPS) is 14.9. The smallest absolute Gasteiger partial charge is 0.338 e. The minimum atomic E-state index is -3.76. The molecule has 152 valence electrons. The van der Waals surface area contributed by atoms with E-state index in [2.05, 4.69) is 0 Å². The highest BCUT2D eigenvalue weighted by Gasteiger charge is 2.28. The maximum absolute atomic E-state index is 12.9. The van der Waals surface area contributed by atoms with Gasteiger partial charge in [-0.3, -0.25) is 4.79 Å². The first-order valence-electron chi connectivity index (χ1n) is 8.74. The zero-order valence-corrected chi connectivity index (χ0v) is 16.7. The molecule has 1 saturated heterocycles. The third kappa shape index (κ3) is 5.28. The van der Waals surface area contributed by atoms with Crippen LogP contribution in [0.5, 0.6) is 0 Å². The lowest BCUT2D eigenvalue weighted by Crippen LogP contribution is -2.40. The maximum atomic E-state index is 12.9. The van der Waals surface area contributed by atoms with Crippen LogP contribution in [0.1, 0.15) is 22.3 Å². The molecule has 1 aliphatic heterocycles. The number of carbonyl (C=O) groups is 2. The number of carbonyl (C=O) groups excluding carboxylic acids is 2. The lowest BCUT2D eigenvalue weighted by molar-refractivity contribution is -0.133. The van der Waals surface area contributed by atoms with Crippen molar-refractivity contribution >= 4 is 21.9 Å². The van der Waals surface area contributed by atoms with Crippen LogP contribution in [0.15, 0.2) is 23.1 Å². The number of amides is 1. The van der Waals surface area contributed by atoms with Crippen molar-refractivity contribution in [2.75, 3.05) is 46.5 Å². The molecule has 0 aromatic heterocycles. The van der Waals surface area contributed by atoms with Crippen molar-refractivity contribution in [1.29, 1.82) is 5.26 Å². The number of benzene rings is 1. The van der Waals surface area contributed by atoms with Gasteiger partial charge in [-0.1, -0.05) is 6.07 Å². The lowest BCUT2D eigenvalue weighted by Gasteiger charge is -2.26. The summed E-state index contributed by atoms with van der Waals surface area (Å²) in [5.41, 5.74) is 0.556. The summed E-state index contributed by atoms with van der Waals surface area (Å²) >= 11 is 0. The molecule has 1 heterocycles. The first-order valence-corrected chi connectivity index (χ1v) is 10.2. The molecule has 0 spiro atoms. The number of aryl methyl sites for hydroxylation is 1. The summed E-state index contributed by atoms with van der Waals surface area (Å²) in [4.78, 5) is 25.5. The van der Waals surface area contributed by atoms with Crippen molar-refractivity contribution < 1.29 is 27.5 Å². The van der Waals surface area contributed by atoms with Gasteiger partial charge in [-0.2, -0.15) is 9.57 Å². The van der Waals surface area contributed by atoms with Crippen molar-refractivity contribution in [1.82, 2.24) is 9.21 Å². The first kappa shape index (κ1) is 21.8. The highest BCUT2D eigenvalue weighted by atomic mass is 32.2. The first-order chi connectivity index (χ1) is 13.3. The van der Waals surface area contributed by atoms with Crippen LogP contribution in [0, 0.1) is 18.3 Å². The predicted octanol–water partition coefficient (Wildman–Crippen LogP) is 0.545. The zero-order valence-electron chi connectivity index (χ0n) is 15.9. The second-order valence-electron chi connectivity index (χ2n) is 6.30. The SMILES string of the molecule is Cc1ccc(C(=O)OCC(=O)N(C)CCC#N)cc1S(=O)(=O)N1CCOCC1. The molecular formula is C18H23N3O6S. The van der Waals surface area contributed by atoms with Crippen molar-refractivity contribution in [3.05, 3.63) is 29.3 Å². The van der Waals surface area contributed by atoms with E-state index in [1.54, 1.807) is 6.92 Å². The predicted molar refractivity (Wildman–Crippen MR) is 98.9 cm³/mol. The van der Waals surface area contributed by atoms with E-state index in [9.17, 15) is 18.0 Å². The molecule has 0 aliphatic carbocycles. The summed E-state index contributed by atoms with van der Waals surface area (Å²) in [6, 6.07) is 6.19. The van der Waals surface area contributed by atoms with Crippen LogP contribution in [0.25, 0.3) is 0 Å². The summed E-state index contributed by atoms with van der Waals surface area (Å²) < 4.78 is 37.3. The number of nitrogens with zero attached hydrogens (tertiary/aromatic N) is 3. The molecule has 0 radical (unpaired) electrons. The Kier molecular flexibility index (Phi) is 7.51. The van der Waals surface area contributed by atoms with Gasteiger partial charge in [-0.15, -0.1) is 0 Å². The van der Waals surface area contributed by atoms with Crippen LogP contribution in [-0.2, 0) is 24.3 Å². The van der Waals surface area contributed by atoms with Crippen LogP contribution in [0.4, 0.5) is 0 Å². The average Bonchev–Trinajstić information content (AvgIpc) is 2.70. The fourth-order valence-electron chi connectivity index (χ4n) is 2.59. The molecule has 1 amide bonds. The van der Waals surface area contributed by atoms with E-state index in [1.165, 1.54) is 34.5 Å². The van der Waals surface area contributed by atoms with Crippen molar-refractivity contribution in [2.24, 2.45) is 0 Å². The van der Waals surface area contributed by atoms with Gasteiger partial charge in [-0.05, 0) is 24.6 Å². The molecule has 28 heavy (non-hydrogen) atoms. The summed E-state index contributed by atoms with van der Waals surface area (Å²) in [7, 11) is -2.26. The molecule has 1 aliphatic rings. The van der Waals surface area contributed by atoms with E-state index in [1.807, 2.05) is 6.07 Å². The largest absolute Gasteiger partial charge is 0.452 e. The Balaban J connectivity index is 2.10. The summed E-state index contributed by atoms with van der Waals surface area (Å²) in [6.45, 7) is 2.54. The highest BCUT2D eigenvalue weighted by molar-refractivity contribution is 7.89. The van der Waals surface area contributed by atoms with Gasteiger partial charge in [0, 0.05) is 26.7 Å². The number of ether oxygens (including phenoxy) is 2. The Hall–Kier alpha value is -2.48. The second kappa shape index (κ2) is 9.64. The Labute approximate surface area is 164 Å². The minimum absolute atomic E-state index is 0.0290. The molecule has 0 saturated carbocycles. The number of hydrogen-bond acceptors (Lipinski definition) is 7. The molecular weight excluding hydrogens is 386 g/mol. The summed E-state index contributed by atoms with van der Waals surface area (Å²) in [5, 5.41) is 8.54. The zero-order chi connectivity index (χ0) is 20.7. The molecule has 0 unspecified atom stereocenters. The average molecular weight is 409 g/mol. The number of likely N-dealkylation sites (N-methyl/N-ethyl adjacent to an activating group) is 1. The molecule has 1 aromatic carbocycles. The monoisotopic (exact) mass is 409 g/mol. The number of morpholine rings is 1. The van der Waals surface area contributed by atoms with E-state index in [-0.39, 0.29) is 36.5 Å². The number of hydrogen-bond donors (Lipinski definition) is 0. The Morgan fingerprint density at radius 3 is 2.64 bits per heavy atom. The summed E-state index contributed by atoms with van der Waals surface area (Å²) in [6.07, 6.45) is 0.177. The molecule has 2 rings (SSSR count). The maximum Gasteiger partial charge on any atom is 0.338 e. The molecule has 0 atom stereocenters. The van der Waals surface area contributed by atoms with Gasteiger partial charge in [0.1, 0.15) is 0 Å². The van der Waals surface area contributed by atoms with E-state index in [4.69, 9.17) is 14.7 Å².